The van der Waals surface area contributed by atoms with Gasteiger partial charge in [-0.25, -0.2) is 0 Å². The third-order valence-corrected chi connectivity index (χ3v) is 5.18. The van der Waals surface area contributed by atoms with Crippen molar-refractivity contribution < 1.29 is 31.5 Å². The Morgan fingerprint density at radius 2 is 1.64 bits per heavy atom. The van der Waals surface area contributed by atoms with Crippen molar-refractivity contribution in [3.63, 3.8) is 0 Å². The molecule has 1 atom stereocenters. The van der Waals surface area contributed by atoms with Crippen LogP contribution >= 0.6 is 11.8 Å². The second-order valence-corrected chi connectivity index (χ2v) is 8.43. The molecular formula is C17H29F5O2S. The molecule has 0 aromatic carbocycles. The molecule has 0 N–H and O–H groups in total. The highest BCUT2D eigenvalue weighted by molar-refractivity contribution is 8.01. The Morgan fingerprint density at radius 3 is 2.12 bits per heavy atom. The molecule has 0 saturated heterocycles. The third-order valence-electron chi connectivity index (χ3n) is 3.68. The summed E-state index contributed by atoms with van der Waals surface area (Å²) in [6.45, 7) is 7.96. The number of unbranched alkanes of at least 4 members (excludes halogenated alkanes) is 2. The lowest BCUT2D eigenvalue weighted by Gasteiger charge is -2.27. The van der Waals surface area contributed by atoms with E-state index in [9.17, 15) is 26.7 Å². The molecule has 150 valence electrons. The van der Waals surface area contributed by atoms with E-state index in [0.717, 1.165) is 6.42 Å². The third kappa shape index (κ3) is 9.11. The molecule has 2 nitrogen and oxygen atoms in total. The minimum atomic E-state index is -5.48. The van der Waals surface area contributed by atoms with Crippen LogP contribution in [0.4, 0.5) is 22.0 Å². The molecule has 8 heteroatoms. The van der Waals surface area contributed by atoms with Gasteiger partial charge in [-0.3, -0.25) is 4.79 Å². The van der Waals surface area contributed by atoms with Crippen LogP contribution in [0.25, 0.3) is 0 Å². The molecule has 0 aromatic heterocycles. The number of alkyl halides is 5. The Labute approximate surface area is 151 Å². The maximum atomic E-state index is 12.8. The normalized spacial score (nSPS) is 15.3. The number of thioether (sulfide) groups is 1. The Kier molecular flexibility index (Phi) is 10.4. The van der Waals surface area contributed by atoms with Crippen LogP contribution in [0.2, 0.25) is 0 Å². The highest BCUT2D eigenvalue weighted by Gasteiger charge is 2.56. The molecule has 0 aliphatic carbocycles. The maximum absolute atomic E-state index is 12.8. The lowest BCUT2D eigenvalue weighted by Crippen LogP contribution is -2.36. The SMILES string of the molecule is CCCC(C)(SCCCCCC(F)(F)C(F)(F)F)C(=O)OCC(C)C. The molecule has 25 heavy (non-hydrogen) atoms. The summed E-state index contributed by atoms with van der Waals surface area (Å²) in [5.41, 5.74) is 0. The van der Waals surface area contributed by atoms with Gasteiger partial charge in [0.1, 0.15) is 4.75 Å². The molecule has 0 saturated carbocycles. The molecule has 0 aromatic rings. The van der Waals surface area contributed by atoms with E-state index in [1.54, 1.807) is 6.92 Å². The van der Waals surface area contributed by atoms with Crippen molar-refractivity contribution in [1.82, 2.24) is 0 Å². The summed E-state index contributed by atoms with van der Waals surface area (Å²) >= 11 is 1.39. The Bertz CT molecular complexity index is 399. The first-order chi connectivity index (χ1) is 11.4. The predicted molar refractivity (Wildman–Crippen MR) is 91.0 cm³/mol. The highest BCUT2D eigenvalue weighted by Crippen LogP contribution is 2.39. The zero-order valence-corrected chi connectivity index (χ0v) is 16.2. The first-order valence-electron chi connectivity index (χ1n) is 8.61. The molecule has 0 heterocycles. The van der Waals surface area contributed by atoms with Gasteiger partial charge in [0.05, 0.1) is 6.61 Å². The summed E-state index contributed by atoms with van der Waals surface area (Å²) in [7, 11) is 0. The number of carbonyl (C=O) groups excluding carboxylic acids is 1. The molecule has 0 radical (unpaired) electrons. The largest absolute Gasteiger partial charge is 0.464 e. The Hall–Kier alpha value is -0.530. The van der Waals surface area contributed by atoms with E-state index in [1.165, 1.54) is 11.8 Å². The highest BCUT2D eigenvalue weighted by atomic mass is 32.2. The van der Waals surface area contributed by atoms with E-state index in [1.807, 2.05) is 20.8 Å². The number of ether oxygens (including phenoxy) is 1. The molecule has 0 aliphatic heterocycles. The molecule has 0 bridgehead atoms. The average molecular weight is 392 g/mol. The van der Waals surface area contributed by atoms with Gasteiger partial charge in [-0.2, -0.15) is 22.0 Å². The van der Waals surface area contributed by atoms with Gasteiger partial charge >= 0.3 is 18.1 Å². The quantitative estimate of drug-likeness (QED) is 0.224. The zero-order valence-electron chi connectivity index (χ0n) is 15.3. The van der Waals surface area contributed by atoms with Crippen LogP contribution in [-0.2, 0) is 9.53 Å². The topological polar surface area (TPSA) is 26.3 Å². The van der Waals surface area contributed by atoms with Gasteiger partial charge in [0.25, 0.3) is 0 Å². The number of halogens is 5. The molecule has 1 unspecified atom stereocenters. The van der Waals surface area contributed by atoms with E-state index in [4.69, 9.17) is 4.74 Å². The Balaban J connectivity index is 4.26. The molecule has 0 aliphatic rings. The van der Waals surface area contributed by atoms with E-state index >= 15 is 0 Å². The number of hydrogen-bond donors (Lipinski definition) is 0. The first kappa shape index (κ1) is 24.5. The summed E-state index contributed by atoms with van der Waals surface area (Å²) in [5, 5.41) is 0. The second-order valence-electron chi connectivity index (χ2n) is 6.83. The standard InChI is InChI=1S/C17H29F5O2S/c1-5-9-15(4,14(23)24-12-13(2)3)25-11-8-6-7-10-16(18,19)17(20,21)22/h13H,5-12H2,1-4H3. The van der Waals surface area contributed by atoms with Crippen molar-refractivity contribution in [3.8, 4) is 0 Å². The van der Waals surface area contributed by atoms with Crippen LogP contribution in [0.1, 0.15) is 66.2 Å². The van der Waals surface area contributed by atoms with Crippen molar-refractivity contribution in [2.24, 2.45) is 5.92 Å². The van der Waals surface area contributed by atoms with Crippen LogP contribution in [0.15, 0.2) is 0 Å². The van der Waals surface area contributed by atoms with E-state index < -0.39 is 23.3 Å². The predicted octanol–water partition coefficient (Wildman–Crippen LogP) is 6.24. The van der Waals surface area contributed by atoms with E-state index in [-0.39, 0.29) is 24.7 Å². The summed E-state index contributed by atoms with van der Waals surface area (Å²) in [5.74, 6) is -4.17. The van der Waals surface area contributed by atoms with Crippen LogP contribution in [-0.4, -0.2) is 35.2 Å². The van der Waals surface area contributed by atoms with Crippen LogP contribution in [0.5, 0.6) is 0 Å². The van der Waals surface area contributed by atoms with Crippen molar-refractivity contribution in [3.05, 3.63) is 0 Å². The first-order valence-corrected chi connectivity index (χ1v) is 9.60. The van der Waals surface area contributed by atoms with Crippen molar-refractivity contribution in [1.29, 1.82) is 0 Å². The van der Waals surface area contributed by atoms with Crippen LogP contribution in [0.3, 0.4) is 0 Å². The van der Waals surface area contributed by atoms with E-state index in [0.29, 0.717) is 25.2 Å². The lowest BCUT2D eigenvalue weighted by molar-refractivity contribution is -0.284. The van der Waals surface area contributed by atoms with Gasteiger partial charge in [0.2, 0.25) is 0 Å². The fourth-order valence-corrected chi connectivity index (χ4v) is 3.49. The van der Waals surface area contributed by atoms with Gasteiger partial charge in [0, 0.05) is 6.42 Å². The van der Waals surface area contributed by atoms with Crippen LogP contribution < -0.4 is 0 Å². The Morgan fingerprint density at radius 1 is 1.04 bits per heavy atom. The van der Waals surface area contributed by atoms with E-state index in [2.05, 4.69) is 0 Å². The van der Waals surface area contributed by atoms with Crippen molar-refractivity contribution >= 4 is 17.7 Å². The summed E-state index contributed by atoms with van der Waals surface area (Å²) < 4.78 is 66.4. The van der Waals surface area contributed by atoms with Crippen LogP contribution in [0, 0.1) is 5.92 Å². The molecule has 0 amide bonds. The van der Waals surface area contributed by atoms with Crippen molar-refractivity contribution in [2.45, 2.75) is 83.1 Å². The van der Waals surface area contributed by atoms with Gasteiger partial charge in [0.15, 0.2) is 0 Å². The number of hydrogen-bond acceptors (Lipinski definition) is 3. The fraction of sp³-hybridized carbons (Fsp3) is 0.941. The lowest BCUT2D eigenvalue weighted by atomic mass is 10.1. The zero-order chi connectivity index (χ0) is 19.7. The minimum absolute atomic E-state index is 0.199. The smallest absolute Gasteiger partial charge is 0.453 e. The summed E-state index contributed by atoms with van der Waals surface area (Å²) in [4.78, 5) is 12.3. The molecule has 0 rings (SSSR count). The maximum Gasteiger partial charge on any atom is 0.453 e. The average Bonchev–Trinajstić information content (AvgIpc) is 2.47. The molecular weight excluding hydrogens is 363 g/mol. The molecule has 0 fully saturated rings. The summed E-state index contributed by atoms with van der Waals surface area (Å²) in [6, 6.07) is 0. The summed E-state index contributed by atoms with van der Waals surface area (Å²) in [6.07, 6.45) is -4.71. The van der Waals surface area contributed by atoms with Gasteiger partial charge < -0.3 is 4.74 Å². The minimum Gasteiger partial charge on any atom is -0.464 e. The number of esters is 1. The molecule has 0 spiro atoms. The number of carbonyl (C=O) groups is 1. The monoisotopic (exact) mass is 392 g/mol. The number of rotatable bonds is 12. The second kappa shape index (κ2) is 10.6. The van der Waals surface area contributed by atoms with Gasteiger partial charge in [-0.1, -0.05) is 33.6 Å². The van der Waals surface area contributed by atoms with Gasteiger partial charge in [-0.05, 0) is 37.9 Å². The van der Waals surface area contributed by atoms with Crippen molar-refractivity contribution in [2.75, 3.05) is 12.4 Å². The van der Waals surface area contributed by atoms with Gasteiger partial charge in [-0.15, -0.1) is 11.8 Å². The fourth-order valence-electron chi connectivity index (χ4n) is 2.17.